The van der Waals surface area contributed by atoms with E-state index in [1.165, 1.54) is 0 Å². The first-order chi connectivity index (χ1) is 20.7. The number of allylic oxidation sites excluding steroid dienone is 1. The van der Waals surface area contributed by atoms with Crippen LogP contribution in [-0.2, 0) is 14.3 Å². The van der Waals surface area contributed by atoms with Gasteiger partial charge in [0.25, 0.3) is 0 Å². The molecule has 3 heteroatoms. The molecular formula is C39H34O3. The summed E-state index contributed by atoms with van der Waals surface area (Å²) in [7, 11) is 0. The molecule has 0 aromatic heterocycles. The van der Waals surface area contributed by atoms with Crippen LogP contribution in [0.3, 0.4) is 0 Å². The van der Waals surface area contributed by atoms with E-state index in [9.17, 15) is 4.79 Å². The summed E-state index contributed by atoms with van der Waals surface area (Å²) in [5, 5.41) is 0. The van der Waals surface area contributed by atoms with Crippen LogP contribution in [0.25, 0.3) is 6.08 Å². The summed E-state index contributed by atoms with van der Waals surface area (Å²) in [5.74, 6) is -2.18. The maximum Gasteiger partial charge on any atom is 0.321 e. The van der Waals surface area contributed by atoms with Crippen LogP contribution >= 0.6 is 0 Å². The molecule has 0 saturated carbocycles. The summed E-state index contributed by atoms with van der Waals surface area (Å²) in [5.41, 5.74) is 2.61. The monoisotopic (exact) mass is 550 g/mol. The van der Waals surface area contributed by atoms with Crippen LogP contribution in [0.4, 0.5) is 0 Å². The zero-order valence-corrected chi connectivity index (χ0v) is 23.7. The number of carbonyl (C=O) groups is 2. The Labute approximate surface area is 248 Å². The SMILES string of the molecule is CCOC(=O)C(C(=O)/C=C\c1ccccc1)(C(c1ccccc1)c1ccccc1)C(c1ccccc1)c1ccccc1. The number of ketones is 1. The maximum absolute atomic E-state index is 15.1. The average molecular weight is 551 g/mol. The van der Waals surface area contributed by atoms with E-state index in [1.807, 2.05) is 152 Å². The minimum atomic E-state index is -1.69. The van der Waals surface area contributed by atoms with Crippen LogP contribution in [0.1, 0.15) is 46.6 Å². The molecule has 5 rings (SSSR count). The number of benzene rings is 5. The van der Waals surface area contributed by atoms with E-state index in [4.69, 9.17) is 4.74 Å². The summed E-state index contributed by atoms with van der Waals surface area (Å²) in [4.78, 5) is 30.0. The molecule has 0 heterocycles. The summed E-state index contributed by atoms with van der Waals surface area (Å²) in [6, 6.07) is 49.0. The first-order valence-electron chi connectivity index (χ1n) is 14.3. The molecule has 0 spiro atoms. The molecule has 0 atom stereocenters. The highest BCUT2D eigenvalue weighted by Crippen LogP contribution is 2.54. The van der Waals surface area contributed by atoms with E-state index in [0.717, 1.165) is 27.8 Å². The molecule has 42 heavy (non-hydrogen) atoms. The lowest BCUT2D eigenvalue weighted by atomic mass is 9.56. The van der Waals surface area contributed by atoms with Gasteiger partial charge < -0.3 is 4.74 Å². The van der Waals surface area contributed by atoms with Crippen molar-refractivity contribution in [1.82, 2.24) is 0 Å². The van der Waals surface area contributed by atoms with Crippen LogP contribution in [0.2, 0.25) is 0 Å². The van der Waals surface area contributed by atoms with Crippen molar-refractivity contribution in [2.45, 2.75) is 18.8 Å². The highest BCUT2D eigenvalue weighted by molar-refractivity contribution is 6.13. The first kappa shape index (κ1) is 28.5. The predicted octanol–water partition coefficient (Wildman–Crippen LogP) is 8.48. The zero-order chi connectivity index (χ0) is 29.2. The molecule has 0 aliphatic rings. The minimum absolute atomic E-state index is 0.142. The van der Waals surface area contributed by atoms with Crippen molar-refractivity contribution in [3.63, 3.8) is 0 Å². The number of carbonyl (C=O) groups excluding carboxylic acids is 2. The third-order valence-electron chi connectivity index (χ3n) is 7.69. The van der Waals surface area contributed by atoms with Crippen molar-refractivity contribution in [2.75, 3.05) is 6.61 Å². The van der Waals surface area contributed by atoms with Crippen LogP contribution in [0.5, 0.6) is 0 Å². The van der Waals surface area contributed by atoms with Gasteiger partial charge in [-0.25, -0.2) is 0 Å². The fourth-order valence-electron chi connectivity index (χ4n) is 5.93. The molecule has 0 amide bonds. The topological polar surface area (TPSA) is 43.4 Å². The van der Waals surface area contributed by atoms with Crippen molar-refractivity contribution >= 4 is 17.8 Å². The summed E-state index contributed by atoms with van der Waals surface area (Å²) < 4.78 is 5.93. The van der Waals surface area contributed by atoms with E-state index < -0.39 is 23.2 Å². The Morgan fingerprint density at radius 2 is 0.905 bits per heavy atom. The summed E-state index contributed by atoms with van der Waals surface area (Å²) in [6.45, 7) is 1.93. The lowest BCUT2D eigenvalue weighted by Crippen LogP contribution is -2.50. The Hall–Kier alpha value is -5.02. The standard InChI is InChI=1S/C39H34O3/c1-2-42-38(41)39(35(40)29-28-30-18-8-3-9-19-30,36(31-20-10-4-11-21-31)32-22-12-5-13-23-32)37(33-24-14-6-15-25-33)34-26-16-7-17-27-34/h3-29,36-37H,2H2,1H3/b29-28-. The second-order valence-electron chi connectivity index (χ2n) is 10.2. The summed E-state index contributed by atoms with van der Waals surface area (Å²) >= 11 is 0. The van der Waals surface area contributed by atoms with Gasteiger partial charge in [0.05, 0.1) is 6.61 Å². The van der Waals surface area contributed by atoms with Crippen molar-refractivity contribution < 1.29 is 14.3 Å². The van der Waals surface area contributed by atoms with Gasteiger partial charge in [-0.15, -0.1) is 0 Å². The van der Waals surface area contributed by atoms with Gasteiger partial charge in [0.2, 0.25) is 0 Å². The number of hydrogen-bond acceptors (Lipinski definition) is 3. The van der Waals surface area contributed by atoms with E-state index in [0.29, 0.717) is 0 Å². The minimum Gasteiger partial charge on any atom is -0.465 e. The van der Waals surface area contributed by atoms with E-state index in [-0.39, 0.29) is 12.4 Å². The molecule has 0 saturated heterocycles. The quantitative estimate of drug-likeness (QED) is 0.0941. The van der Waals surface area contributed by atoms with Gasteiger partial charge in [-0.3, -0.25) is 9.59 Å². The molecule has 0 aliphatic heterocycles. The fourth-order valence-corrected chi connectivity index (χ4v) is 5.93. The van der Waals surface area contributed by atoms with Gasteiger partial charge in [-0.05, 0) is 40.8 Å². The van der Waals surface area contributed by atoms with E-state index in [1.54, 1.807) is 19.1 Å². The third kappa shape index (κ3) is 5.87. The predicted molar refractivity (Wildman–Crippen MR) is 169 cm³/mol. The van der Waals surface area contributed by atoms with Crippen molar-refractivity contribution in [1.29, 1.82) is 0 Å². The Morgan fingerprint density at radius 3 is 1.24 bits per heavy atom. The highest BCUT2D eigenvalue weighted by Gasteiger charge is 2.59. The lowest BCUT2D eigenvalue weighted by molar-refractivity contribution is -0.161. The van der Waals surface area contributed by atoms with Gasteiger partial charge >= 0.3 is 5.97 Å². The summed E-state index contributed by atoms with van der Waals surface area (Å²) in [6.07, 6.45) is 3.35. The molecule has 5 aromatic carbocycles. The number of rotatable bonds is 11. The Kier molecular flexibility index (Phi) is 9.20. The smallest absolute Gasteiger partial charge is 0.321 e. The second kappa shape index (κ2) is 13.6. The van der Waals surface area contributed by atoms with Crippen molar-refractivity contribution in [2.24, 2.45) is 5.41 Å². The Morgan fingerprint density at radius 1 is 0.571 bits per heavy atom. The molecular weight excluding hydrogens is 516 g/mol. The molecule has 0 radical (unpaired) electrons. The first-order valence-corrected chi connectivity index (χ1v) is 14.3. The Balaban J connectivity index is 1.90. The highest BCUT2D eigenvalue weighted by atomic mass is 16.5. The van der Waals surface area contributed by atoms with Crippen molar-refractivity contribution in [3.8, 4) is 0 Å². The molecule has 5 aromatic rings. The molecule has 0 fully saturated rings. The normalized spacial score (nSPS) is 11.6. The van der Waals surface area contributed by atoms with Crippen LogP contribution in [0, 0.1) is 5.41 Å². The van der Waals surface area contributed by atoms with Crippen LogP contribution in [0.15, 0.2) is 158 Å². The van der Waals surface area contributed by atoms with Gasteiger partial charge in [-0.1, -0.05) is 158 Å². The van der Waals surface area contributed by atoms with Crippen LogP contribution < -0.4 is 0 Å². The third-order valence-corrected chi connectivity index (χ3v) is 7.69. The van der Waals surface area contributed by atoms with Crippen LogP contribution in [-0.4, -0.2) is 18.4 Å². The molecule has 208 valence electrons. The largest absolute Gasteiger partial charge is 0.465 e. The average Bonchev–Trinajstić information content (AvgIpc) is 3.06. The second-order valence-corrected chi connectivity index (χ2v) is 10.2. The lowest BCUT2D eigenvalue weighted by Gasteiger charge is -2.43. The fraction of sp³-hybridized carbons (Fsp3) is 0.128. The molecule has 0 bridgehead atoms. The van der Waals surface area contributed by atoms with Crippen molar-refractivity contribution in [3.05, 3.63) is 186 Å². The number of ether oxygens (including phenoxy) is 1. The molecule has 3 nitrogen and oxygen atoms in total. The number of esters is 1. The van der Waals surface area contributed by atoms with Gasteiger partial charge in [0, 0.05) is 11.8 Å². The van der Waals surface area contributed by atoms with Gasteiger partial charge in [0.1, 0.15) is 0 Å². The maximum atomic E-state index is 15.1. The molecule has 0 unspecified atom stereocenters. The van der Waals surface area contributed by atoms with Gasteiger partial charge in [0.15, 0.2) is 11.2 Å². The molecule has 0 N–H and O–H groups in total. The van der Waals surface area contributed by atoms with Gasteiger partial charge in [-0.2, -0.15) is 0 Å². The Bertz CT molecular complexity index is 1430. The zero-order valence-electron chi connectivity index (χ0n) is 23.7. The van der Waals surface area contributed by atoms with E-state index >= 15 is 4.79 Å². The van der Waals surface area contributed by atoms with E-state index in [2.05, 4.69) is 0 Å². The number of hydrogen-bond donors (Lipinski definition) is 0. The molecule has 0 aliphatic carbocycles.